The number of carbonyl (C=O) groups is 1. The molecule has 2 aromatic rings. The molecular formula is C17H19Cl2N3O4S. The van der Waals surface area contributed by atoms with E-state index >= 15 is 0 Å². The maximum atomic E-state index is 12.6. The first-order valence-electron chi connectivity index (χ1n) is 8.38. The van der Waals surface area contributed by atoms with Crippen LogP contribution in [0.1, 0.15) is 34.7 Å². The van der Waals surface area contributed by atoms with Crippen LogP contribution in [-0.4, -0.2) is 43.5 Å². The van der Waals surface area contributed by atoms with Gasteiger partial charge in [-0.3, -0.25) is 4.79 Å². The zero-order chi connectivity index (χ0) is 19.8. The minimum Gasteiger partial charge on any atom is -0.360 e. The second-order valence-corrected chi connectivity index (χ2v) is 8.94. The summed E-state index contributed by atoms with van der Waals surface area (Å²) in [5, 5.41) is 4.40. The summed E-state index contributed by atoms with van der Waals surface area (Å²) >= 11 is 11.9. The molecule has 27 heavy (non-hydrogen) atoms. The molecule has 1 saturated heterocycles. The van der Waals surface area contributed by atoms with E-state index in [2.05, 4.69) is 9.88 Å². The zero-order valence-electron chi connectivity index (χ0n) is 14.8. The van der Waals surface area contributed by atoms with E-state index in [1.807, 2.05) is 0 Å². The molecule has 0 aliphatic carbocycles. The number of benzene rings is 1. The molecule has 0 radical (unpaired) electrons. The molecule has 2 heterocycles. The molecule has 1 aromatic heterocycles. The predicted octanol–water partition coefficient (Wildman–Crippen LogP) is 3.18. The number of carbonyl (C=O) groups excluding carboxylic acids is 1. The third-order valence-electron chi connectivity index (χ3n) is 4.51. The highest BCUT2D eigenvalue weighted by Crippen LogP contribution is 2.25. The second kappa shape index (κ2) is 7.79. The van der Waals surface area contributed by atoms with Crippen LogP contribution >= 0.6 is 23.2 Å². The minimum atomic E-state index is -3.72. The number of hydrogen-bond acceptors (Lipinski definition) is 5. The Morgan fingerprint density at radius 1 is 1.22 bits per heavy atom. The lowest BCUT2D eigenvalue weighted by atomic mass is 10.0. The lowest BCUT2D eigenvalue weighted by Crippen LogP contribution is -2.46. The Kier molecular flexibility index (Phi) is 5.81. The van der Waals surface area contributed by atoms with Gasteiger partial charge in [0, 0.05) is 24.7 Å². The Labute approximate surface area is 167 Å². The molecular weight excluding hydrogens is 413 g/mol. The maximum Gasteiger partial charge on any atom is 0.253 e. The van der Waals surface area contributed by atoms with Crippen LogP contribution in [0.15, 0.2) is 27.6 Å². The summed E-state index contributed by atoms with van der Waals surface area (Å²) in [5.41, 5.74) is 0.784. The fourth-order valence-corrected chi connectivity index (χ4v) is 5.08. The molecule has 0 saturated carbocycles. The quantitative estimate of drug-likeness (QED) is 0.801. The van der Waals surface area contributed by atoms with Crippen molar-refractivity contribution in [2.45, 2.75) is 37.6 Å². The molecule has 146 valence electrons. The summed E-state index contributed by atoms with van der Waals surface area (Å²) < 4.78 is 32.8. The first kappa shape index (κ1) is 20.1. The van der Waals surface area contributed by atoms with Crippen molar-refractivity contribution in [3.05, 3.63) is 45.3 Å². The largest absolute Gasteiger partial charge is 0.360 e. The number of halogens is 2. The zero-order valence-corrected chi connectivity index (χ0v) is 17.2. The van der Waals surface area contributed by atoms with Crippen molar-refractivity contribution in [1.82, 2.24) is 14.8 Å². The van der Waals surface area contributed by atoms with Crippen LogP contribution in [0.5, 0.6) is 0 Å². The standard InChI is InChI=1S/C17H19Cl2N3O4S/c1-10-16(11(2)26-20-10)27(24,25)21-13-5-7-22(8-6-13)17(23)12-3-4-14(18)15(19)9-12/h3-4,9,13,21H,5-8H2,1-2H3. The number of hydrogen-bond donors (Lipinski definition) is 1. The van der Waals surface area contributed by atoms with Gasteiger partial charge in [0.15, 0.2) is 5.76 Å². The lowest BCUT2D eigenvalue weighted by Gasteiger charge is -2.32. The highest BCUT2D eigenvalue weighted by Gasteiger charge is 2.30. The Hall–Kier alpha value is -1.61. The van der Waals surface area contributed by atoms with Crippen LogP contribution in [-0.2, 0) is 10.0 Å². The van der Waals surface area contributed by atoms with Gasteiger partial charge >= 0.3 is 0 Å². The monoisotopic (exact) mass is 431 g/mol. The summed E-state index contributed by atoms with van der Waals surface area (Å²) in [6, 6.07) is 4.49. The van der Waals surface area contributed by atoms with Crippen molar-refractivity contribution >= 4 is 39.1 Å². The molecule has 1 aromatic carbocycles. The van der Waals surface area contributed by atoms with Gasteiger partial charge in [0.25, 0.3) is 5.91 Å². The van der Waals surface area contributed by atoms with Crippen LogP contribution in [0.3, 0.4) is 0 Å². The van der Waals surface area contributed by atoms with Crippen LogP contribution in [0.2, 0.25) is 10.0 Å². The topological polar surface area (TPSA) is 92.5 Å². The SMILES string of the molecule is Cc1noc(C)c1S(=O)(=O)NC1CCN(C(=O)c2ccc(Cl)c(Cl)c2)CC1. The Balaban J connectivity index is 1.63. The Bertz CT molecular complexity index is 947. The van der Waals surface area contributed by atoms with Gasteiger partial charge in [-0.15, -0.1) is 0 Å². The van der Waals surface area contributed by atoms with Crippen molar-refractivity contribution in [3.8, 4) is 0 Å². The third-order valence-corrected chi connectivity index (χ3v) is 7.01. The number of aryl methyl sites for hydroxylation is 2. The Morgan fingerprint density at radius 2 is 1.89 bits per heavy atom. The smallest absolute Gasteiger partial charge is 0.253 e. The number of nitrogens with zero attached hydrogens (tertiary/aromatic N) is 2. The van der Waals surface area contributed by atoms with Crippen LogP contribution in [0.4, 0.5) is 0 Å². The van der Waals surface area contributed by atoms with Gasteiger partial charge in [0.1, 0.15) is 10.6 Å². The molecule has 1 fully saturated rings. The van der Waals surface area contributed by atoms with E-state index in [9.17, 15) is 13.2 Å². The van der Waals surface area contributed by atoms with Gasteiger partial charge < -0.3 is 9.42 Å². The number of aromatic nitrogens is 1. The molecule has 0 bridgehead atoms. The van der Waals surface area contributed by atoms with E-state index < -0.39 is 10.0 Å². The number of piperidine rings is 1. The molecule has 7 nitrogen and oxygen atoms in total. The number of amides is 1. The van der Waals surface area contributed by atoms with Crippen molar-refractivity contribution < 1.29 is 17.7 Å². The predicted molar refractivity (Wildman–Crippen MR) is 102 cm³/mol. The first-order chi connectivity index (χ1) is 12.7. The fourth-order valence-electron chi connectivity index (χ4n) is 3.15. The van der Waals surface area contributed by atoms with Crippen molar-refractivity contribution in [2.75, 3.05) is 13.1 Å². The van der Waals surface area contributed by atoms with Crippen LogP contribution in [0.25, 0.3) is 0 Å². The summed E-state index contributed by atoms with van der Waals surface area (Å²) in [7, 11) is -3.72. The highest BCUT2D eigenvalue weighted by atomic mass is 35.5. The van der Waals surface area contributed by atoms with Gasteiger partial charge in [0.2, 0.25) is 10.0 Å². The van der Waals surface area contributed by atoms with E-state index in [1.54, 1.807) is 36.9 Å². The molecule has 0 atom stereocenters. The summed E-state index contributed by atoms with van der Waals surface area (Å²) in [6.07, 6.45) is 1.02. The molecule has 3 rings (SSSR count). The molecule has 1 aliphatic rings. The van der Waals surface area contributed by atoms with E-state index in [0.29, 0.717) is 47.2 Å². The van der Waals surface area contributed by atoms with E-state index in [-0.39, 0.29) is 22.6 Å². The maximum absolute atomic E-state index is 12.6. The van der Waals surface area contributed by atoms with E-state index in [1.165, 1.54) is 0 Å². The molecule has 0 unspecified atom stereocenters. The molecule has 1 aliphatic heterocycles. The van der Waals surface area contributed by atoms with Gasteiger partial charge in [-0.25, -0.2) is 13.1 Å². The number of rotatable bonds is 4. The van der Waals surface area contributed by atoms with Crippen molar-refractivity contribution in [1.29, 1.82) is 0 Å². The van der Waals surface area contributed by atoms with Crippen molar-refractivity contribution in [2.24, 2.45) is 0 Å². The van der Waals surface area contributed by atoms with Crippen LogP contribution in [0, 0.1) is 13.8 Å². The second-order valence-electron chi connectivity index (χ2n) is 6.47. The van der Waals surface area contributed by atoms with E-state index in [0.717, 1.165) is 0 Å². The molecule has 0 spiro atoms. The number of sulfonamides is 1. The van der Waals surface area contributed by atoms with E-state index in [4.69, 9.17) is 27.7 Å². The normalized spacial score (nSPS) is 15.9. The summed E-state index contributed by atoms with van der Waals surface area (Å²) in [4.78, 5) is 14.4. The first-order valence-corrected chi connectivity index (χ1v) is 10.6. The molecule has 1 amide bonds. The summed E-state index contributed by atoms with van der Waals surface area (Å²) in [5.74, 6) is 0.104. The molecule has 10 heteroatoms. The number of likely N-dealkylation sites (tertiary alicyclic amines) is 1. The summed E-state index contributed by atoms with van der Waals surface area (Å²) in [6.45, 7) is 4.03. The minimum absolute atomic E-state index is 0.0804. The average Bonchev–Trinajstić information content (AvgIpc) is 2.96. The highest BCUT2D eigenvalue weighted by molar-refractivity contribution is 7.89. The van der Waals surface area contributed by atoms with Gasteiger partial charge in [0.05, 0.1) is 10.0 Å². The fraction of sp³-hybridized carbons (Fsp3) is 0.412. The lowest BCUT2D eigenvalue weighted by molar-refractivity contribution is 0.0711. The third kappa shape index (κ3) is 4.29. The van der Waals surface area contributed by atoms with Gasteiger partial charge in [-0.2, -0.15) is 0 Å². The van der Waals surface area contributed by atoms with Crippen LogP contribution < -0.4 is 4.72 Å². The van der Waals surface area contributed by atoms with Crippen molar-refractivity contribution in [3.63, 3.8) is 0 Å². The Morgan fingerprint density at radius 3 is 2.44 bits per heavy atom. The number of nitrogens with one attached hydrogen (secondary N) is 1. The van der Waals surface area contributed by atoms with Gasteiger partial charge in [-0.05, 0) is 44.9 Å². The molecule has 1 N–H and O–H groups in total. The average molecular weight is 432 g/mol. The van der Waals surface area contributed by atoms with Gasteiger partial charge in [-0.1, -0.05) is 28.4 Å².